The zero-order valence-electron chi connectivity index (χ0n) is 20.5. The third-order valence-corrected chi connectivity index (χ3v) is 6.88. The van der Waals surface area contributed by atoms with E-state index in [9.17, 15) is 4.79 Å². The van der Waals surface area contributed by atoms with Crippen LogP contribution in [0.3, 0.4) is 0 Å². The van der Waals surface area contributed by atoms with Crippen LogP contribution >= 0.6 is 12.2 Å². The standard InChI is InChI=1S/C29H28N4O2S/c1-19(2)20-12-14-22(15-13-20)33-27(26(31-29(33)36)24-10-4-5-16-30-24)25-11-7-17-32(25)23-9-6-8-21(18-23)28(34)35-3/h4-19,26-27H,1-3H3,(H,31,36)/t26-,27+/m0/s1. The van der Waals surface area contributed by atoms with Crippen LogP contribution in [0.15, 0.2) is 91.3 Å². The van der Waals surface area contributed by atoms with Crippen LogP contribution in [0.5, 0.6) is 0 Å². The van der Waals surface area contributed by atoms with Crippen molar-refractivity contribution in [3.05, 3.63) is 114 Å². The highest BCUT2D eigenvalue weighted by atomic mass is 32.1. The first-order valence-corrected chi connectivity index (χ1v) is 12.4. The van der Waals surface area contributed by atoms with Crippen LogP contribution in [-0.2, 0) is 4.74 Å². The van der Waals surface area contributed by atoms with Gasteiger partial charge < -0.3 is 19.5 Å². The second-order valence-corrected chi connectivity index (χ2v) is 9.47. The Morgan fingerprint density at radius 3 is 2.50 bits per heavy atom. The van der Waals surface area contributed by atoms with E-state index in [2.05, 4.69) is 63.9 Å². The zero-order valence-corrected chi connectivity index (χ0v) is 21.3. The van der Waals surface area contributed by atoms with E-state index in [0.717, 1.165) is 22.8 Å². The Morgan fingerprint density at radius 1 is 1.00 bits per heavy atom. The largest absolute Gasteiger partial charge is 0.465 e. The number of thiocarbonyl (C=S) groups is 1. The van der Waals surface area contributed by atoms with Gasteiger partial charge in [0.2, 0.25) is 0 Å². The molecular weight excluding hydrogens is 468 g/mol. The van der Waals surface area contributed by atoms with Crippen molar-refractivity contribution in [1.82, 2.24) is 14.9 Å². The molecule has 6 nitrogen and oxygen atoms in total. The van der Waals surface area contributed by atoms with Crippen LogP contribution in [0.25, 0.3) is 5.69 Å². The number of carbonyl (C=O) groups excluding carboxylic acids is 1. The molecule has 1 aliphatic heterocycles. The summed E-state index contributed by atoms with van der Waals surface area (Å²) in [6, 6.07) is 25.7. The molecule has 0 radical (unpaired) electrons. The molecule has 7 heteroatoms. The molecule has 2 aromatic carbocycles. The maximum absolute atomic E-state index is 12.2. The van der Waals surface area contributed by atoms with E-state index in [4.69, 9.17) is 17.0 Å². The summed E-state index contributed by atoms with van der Waals surface area (Å²) < 4.78 is 7.03. The number of pyridine rings is 1. The molecule has 2 aromatic heterocycles. The molecule has 0 bridgehead atoms. The number of carbonyl (C=O) groups is 1. The minimum atomic E-state index is -0.368. The molecule has 1 N–H and O–H groups in total. The lowest BCUT2D eigenvalue weighted by molar-refractivity contribution is 0.0600. The van der Waals surface area contributed by atoms with Gasteiger partial charge in [-0.3, -0.25) is 4.98 Å². The van der Waals surface area contributed by atoms with Gasteiger partial charge in [0, 0.05) is 29.5 Å². The van der Waals surface area contributed by atoms with E-state index < -0.39 is 0 Å². The quantitative estimate of drug-likeness (QED) is 0.263. The molecular formula is C29H28N4O2S. The fraction of sp³-hybridized carbons (Fsp3) is 0.207. The van der Waals surface area contributed by atoms with Gasteiger partial charge in [-0.05, 0) is 78.3 Å². The van der Waals surface area contributed by atoms with Crippen LogP contribution in [-0.4, -0.2) is 27.7 Å². The van der Waals surface area contributed by atoms with E-state index in [1.165, 1.54) is 12.7 Å². The average Bonchev–Trinajstić information content (AvgIpc) is 3.53. The predicted molar refractivity (Wildman–Crippen MR) is 146 cm³/mol. The number of methoxy groups -OCH3 is 1. The number of aromatic nitrogens is 2. The van der Waals surface area contributed by atoms with Crippen molar-refractivity contribution in [2.45, 2.75) is 31.8 Å². The first kappa shape index (κ1) is 23.8. The van der Waals surface area contributed by atoms with Crippen LogP contribution in [0.2, 0.25) is 0 Å². The number of anilines is 1. The Labute approximate surface area is 216 Å². The summed E-state index contributed by atoms with van der Waals surface area (Å²) >= 11 is 5.88. The number of nitrogens with one attached hydrogen (secondary N) is 1. The molecule has 1 saturated heterocycles. The average molecular weight is 497 g/mol. The van der Waals surface area contributed by atoms with Gasteiger partial charge in [0.15, 0.2) is 5.11 Å². The van der Waals surface area contributed by atoms with Crippen molar-refractivity contribution in [2.24, 2.45) is 0 Å². The van der Waals surface area contributed by atoms with Gasteiger partial charge in [0.05, 0.1) is 24.4 Å². The summed E-state index contributed by atoms with van der Waals surface area (Å²) in [5, 5.41) is 4.16. The maximum Gasteiger partial charge on any atom is 0.337 e. The number of hydrogen-bond acceptors (Lipinski definition) is 4. The predicted octanol–water partition coefficient (Wildman–Crippen LogP) is 5.96. The highest BCUT2D eigenvalue weighted by Crippen LogP contribution is 2.42. The molecule has 2 atom stereocenters. The van der Waals surface area contributed by atoms with E-state index in [1.807, 2.05) is 48.7 Å². The Balaban J connectivity index is 1.63. The molecule has 36 heavy (non-hydrogen) atoms. The first-order chi connectivity index (χ1) is 17.5. The lowest BCUT2D eigenvalue weighted by Crippen LogP contribution is -2.30. The lowest BCUT2D eigenvalue weighted by Gasteiger charge is -2.29. The number of benzene rings is 2. The molecule has 0 unspecified atom stereocenters. The van der Waals surface area contributed by atoms with Crippen LogP contribution in [0.4, 0.5) is 5.69 Å². The Morgan fingerprint density at radius 2 is 1.81 bits per heavy atom. The van der Waals surface area contributed by atoms with Crippen molar-refractivity contribution >= 4 is 29.0 Å². The number of ether oxygens (including phenoxy) is 1. The monoisotopic (exact) mass is 496 g/mol. The highest BCUT2D eigenvalue weighted by Gasteiger charge is 2.42. The van der Waals surface area contributed by atoms with Gasteiger partial charge in [-0.15, -0.1) is 0 Å². The van der Waals surface area contributed by atoms with E-state index in [-0.39, 0.29) is 18.1 Å². The number of nitrogens with zero attached hydrogens (tertiary/aromatic N) is 3. The number of hydrogen-bond donors (Lipinski definition) is 1. The molecule has 0 aliphatic carbocycles. The van der Waals surface area contributed by atoms with Gasteiger partial charge in [-0.2, -0.15) is 0 Å². The number of rotatable bonds is 6. The molecule has 5 rings (SSSR count). The fourth-order valence-corrected chi connectivity index (χ4v) is 5.07. The lowest BCUT2D eigenvalue weighted by atomic mass is 9.99. The highest BCUT2D eigenvalue weighted by molar-refractivity contribution is 7.80. The zero-order chi connectivity index (χ0) is 25.2. The normalized spacial score (nSPS) is 17.3. The molecule has 182 valence electrons. The third-order valence-electron chi connectivity index (χ3n) is 6.56. The van der Waals surface area contributed by atoms with Crippen molar-refractivity contribution in [3.8, 4) is 5.69 Å². The Bertz CT molecular complexity index is 1380. The van der Waals surface area contributed by atoms with Crippen molar-refractivity contribution in [2.75, 3.05) is 12.0 Å². The van der Waals surface area contributed by atoms with E-state index in [0.29, 0.717) is 16.6 Å². The molecule has 1 fully saturated rings. The van der Waals surface area contributed by atoms with E-state index in [1.54, 1.807) is 12.3 Å². The molecule has 0 saturated carbocycles. The van der Waals surface area contributed by atoms with Crippen LogP contribution < -0.4 is 10.2 Å². The van der Waals surface area contributed by atoms with Gasteiger partial charge in [0.25, 0.3) is 0 Å². The van der Waals surface area contributed by atoms with Crippen molar-refractivity contribution < 1.29 is 9.53 Å². The smallest absolute Gasteiger partial charge is 0.337 e. The van der Waals surface area contributed by atoms with Crippen molar-refractivity contribution in [1.29, 1.82) is 0 Å². The summed E-state index contributed by atoms with van der Waals surface area (Å²) in [4.78, 5) is 19.0. The second-order valence-electron chi connectivity index (χ2n) is 9.09. The second kappa shape index (κ2) is 9.95. The molecule has 0 amide bonds. The Kier molecular flexibility index (Phi) is 6.57. The summed E-state index contributed by atoms with van der Waals surface area (Å²) in [5.74, 6) is 0.0755. The van der Waals surface area contributed by atoms with E-state index >= 15 is 0 Å². The SMILES string of the molecule is COC(=O)c1cccc(-n2cccc2[C@@H]2[C@H](c3ccccn3)NC(=S)N2c2ccc(C(C)C)cc2)c1. The third kappa shape index (κ3) is 4.38. The van der Waals surface area contributed by atoms with Gasteiger partial charge in [-0.25, -0.2) is 4.79 Å². The maximum atomic E-state index is 12.2. The van der Waals surface area contributed by atoms with Crippen molar-refractivity contribution in [3.63, 3.8) is 0 Å². The topological polar surface area (TPSA) is 59.4 Å². The molecule has 1 aliphatic rings. The molecule has 0 spiro atoms. The summed E-state index contributed by atoms with van der Waals surface area (Å²) in [7, 11) is 1.39. The Hall–Kier alpha value is -3.97. The summed E-state index contributed by atoms with van der Waals surface area (Å²) in [6.07, 6.45) is 3.80. The number of esters is 1. The fourth-order valence-electron chi connectivity index (χ4n) is 4.72. The first-order valence-electron chi connectivity index (χ1n) is 11.9. The minimum absolute atomic E-state index is 0.166. The van der Waals surface area contributed by atoms with Gasteiger partial charge in [0.1, 0.15) is 6.04 Å². The van der Waals surface area contributed by atoms with Gasteiger partial charge >= 0.3 is 5.97 Å². The van der Waals surface area contributed by atoms with Crippen LogP contribution in [0, 0.1) is 0 Å². The molecule has 4 aromatic rings. The minimum Gasteiger partial charge on any atom is -0.465 e. The summed E-state index contributed by atoms with van der Waals surface area (Å²) in [5.41, 5.74) is 5.58. The van der Waals surface area contributed by atoms with Crippen LogP contribution in [0.1, 0.15) is 59.2 Å². The van der Waals surface area contributed by atoms with Gasteiger partial charge in [-0.1, -0.05) is 38.1 Å². The summed E-state index contributed by atoms with van der Waals surface area (Å²) in [6.45, 7) is 4.37. The molecule has 3 heterocycles.